The summed E-state index contributed by atoms with van der Waals surface area (Å²) in [7, 11) is 0. The van der Waals surface area contributed by atoms with Gasteiger partial charge in [-0.05, 0) is 38.5 Å². The van der Waals surface area contributed by atoms with Gasteiger partial charge in [0.15, 0.2) is 0 Å². The highest BCUT2D eigenvalue weighted by Crippen LogP contribution is 2.34. The molecule has 0 aromatic rings. The van der Waals surface area contributed by atoms with Crippen molar-refractivity contribution in [2.24, 2.45) is 5.92 Å². The predicted molar refractivity (Wildman–Crippen MR) is 67.3 cm³/mol. The Hall–Kier alpha value is -0.570. The van der Waals surface area contributed by atoms with Gasteiger partial charge in [-0.2, -0.15) is 0 Å². The summed E-state index contributed by atoms with van der Waals surface area (Å²) in [6, 6.07) is -0.0704. The van der Waals surface area contributed by atoms with Crippen LogP contribution >= 0.6 is 0 Å². The molecular weight excluding hydrogens is 200 g/mol. The largest absolute Gasteiger partial charge is 0.354 e. The van der Waals surface area contributed by atoms with Crippen LogP contribution in [0.2, 0.25) is 0 Å². The van der Waals surface area contributed by atoms with Crippen LogP contribution in [0.25, 0.3) is 0 Å². The molecule has 16 heavy (non-hydrogen) atoms. The first-order chi connectivity index (χ1) is 7.49. The standard InChI is InChI=1S/C13H26N2O/c1-5-13(7-6-8-13)15-11(4)12(16)14-9-10(2)3/h10-11,15H,5-9H2,1-4H3,(H,14,16). The molecule has 1 saturated carbocycles. The molecule has 2 N–H and O–H groups in total. The van der Waals surface area contributed by atoms with Crippen LogP contribution in [0.5, 0.6) is 0 Å². The minimum absolute atomic E-state index is 0.0704. The van der Waals surface area contributed by atoms with Crippen molar-refractivity contribution < 1.29 is 4.79 Å². The lowest BCUT2D eigenvalue weighted by Crippen LogP contribution is -2.57. The highest BCUT2D eigenvalue weighted by molar-refractivity contribution is 5.81. The summed E-state index contributed by atoms with van der Waals surface area (Å²) in [5.41, 5.74) is 0.245. The number of carbonyl (C=O) groups excluding carboxylic acids is 1. The van der Waals surface area contributed by atoms with E-state index < -0.39 is 0 Å². The number of rotatable bonds is 6. The summed E-state index contributed by atoms with van der Waals surface area (Å²) in [6.07, 6.45) is 4.84. The zero-order valence-electron chi connectivity index (χ0n) is 11.1. The Balaban J connectivity index is 2.33. The van der Waals surface area contributed by atoms with E-state index in [1.165, 1.54) is 19.3 Å². The zero-order chi connectivity index (χ0) is 12.2. The van der Waals surface area contributed by atoms with E-state index in [0.717, 1.165) is 13.0 Å². The zero-order valence-corrected chi connectivity index (χ0v) is 11.1. The third-order valence-corrected chi connectivity index (χ3v) is 3.59. The second kappa shape index (κ2) is 5.67. The van der Waals surface area contributed by atoms with Gasteiger partial charge in [0.2, 0.25) is 5.91 Å². The molecule has 1 amide bonds. The quantitative estimate of drug-likeness (QED) is 0.728. The Labute approximate surface area is 99.4 Å². The second-order valence-electron chi connectivity index (χ2n) is 5.49. The van der Waals surface area contributed by atoms with Crippen LogP contribution in [0.3, 0.4) is 0 Å². The summed E-state index contributed by atoms with van der Waals surface area (Å²) in [4.78, 5) is 11.8. The number of hydrogen-bond donors (Lipinski definition) is 2. The van der Waals surface area contributed by atoms with Gasteiger partial charge in [-0.3, -0.25) is 4.79 Å². The third kappa shape index (κ3) is 3.48. The molecule has 1 aliphatic rings. The topological polar surface area (TPSA) is 41.1 Å². The summed E-state index contributed by atoms with van der Waals surface area (Å²) < 4.78 is 0. The van der Waals surface area contributed by atoms with Crippen molar-refractivity contribution in [1.82, 2.24) is 10.6 Å². The second-order valence-corrected chi connectivity index (χ2v) is 5.49. The van der Waals surface area contributed by atoms with E-state index in [1.54, 1.807) is 0 Å². The molecule has 0 heterocycles. The van der Waals surface area contributed by atoms with E-state index in [9.17, 15) is 4.79 Å². The van der Waals surface area contributed by atoms with Crippen molar-refractivity contribution in [3.8, 4) is 0 Å². The Morgan fingerprint density at radius 2 is 1.94 bits per heavy atom. The molecular formula is C13H26N2O. The Morgan fingerprint density at radius 3 is 2.31 bits per heavy atom. The normalized spacial score (nSPS) is 20.3. The molecule has 0 saturated heterocycles. The van der Waals surface area contributed by atoms with E-state index in [2.05, 4.69) is 31.4 Å². The lowest BCUT2D eigenvalue weighted by molar-refractivity contribution is -0.123. The molecule has 0 bridgehead atoms. The van der Waals surface area contributed by atoms with Gasteiger partial charge in [0, 0.05) is 12.1 Å². The minimum atomic E-state index is -0.0704. The lowest BCUT2D eigenvalue weighted by Gasteiger charge is -2.44. The predicted octanol–water partition coefficient (Wildman–Crippen LogP) is 2.07. The summed E-state index contributed by atoms with van der Waals surface area (Å²) >= 11 is 0. The first-order valence-corrected chi connectivity index (χ1v) is 6.54. The number of carbonyl (C=O) groups is 1. The average molecular weight is 226 g/mol. The fourth-order valence-electron chi connectivity index (χ4n) is 2.19. The van der Waals surface area contributed by atoms with Gasteiger partial charge in [0.05, 0.1) is 6.04 Å². The molecule has 94 valence electrons. The van der Waals surface area contributed by atoms with E-state index in [1.807, 2.05) is 6.92 Å². The van der Waals surface area contributed by atoms with Crippen molar-refractivity contribution in [3.05, 3.63) is 0 Å². The van der Waals surface area contributed by atoms with E-state index in [4.69, 9.17) is 0 Å². The Kier molecular flexibility index (Phi) is 4.78. The first kappa shape index (κ1) is 13.5. The van der Waals surface area contributed by atoms with Gasteiger partial charge in [-0.1, -0.05) is 20.8 Å². The van der Waals surface area contributed by atoms with Crippen LogP contribution < -0.4 is 10.6 Å². The van der Waals surface area contributed by atoms with Crippen LogP contribution in [0.4, 0.5) is 0 Å². The molecule has 0 aliphatic heterocycles. The lowest BCUT2D eigenvalue weighted by atomic mass is 9.74. The Morgan fingerprint density at radius 1 is 1.31 bits per heavy atom. The highest BCUT2D eigenvalue weighted by Gasteiger charge is 2.36. The maximum Gasteiger partial charge on any atom is 0.236 e. The smallest absolute Gasteiger partial charge is 0.236 e. The number of nitrogens with one attached hydrogen (secondary N) is 2. The van der Waals surface area contributed by atoms with Crippen molar-refractivity contribution >= 4 is 5.91 Å². The summed E-state index contributed by atoms with van der Waals surface area (Å²) in [6.45, 7) is 9.15. The van der Waals surface area contributed by atoms with Gasteiger partial charge in [-0.15, -0.1) is 0 Å². The van der Waals surface area contributed by atoms with Crippen molar-refractivity contribution in [1.29, 1.82) is 0 Å². The van der Waals surface area contributed by atoms with Crippen LogP contribution in [-0.2, 0) is 4.79 Å². The molecule has 1 unspecified atom stereocenters. The van der Waals surface area contributed by atoms with Gasteiger partial charge >= 0.3 is 0 Å². The van der Waals surface area contributed by atoms with E-state index >= 15 is 0 Å². The van der Waals surface area contributed by atoms with Crippen LogP contribution in [0.1, 0.15) is 53.4 Å². The fraction of sp³-hybridized carbons (Fsp3) is 0.923. The molecule has 1 aliphatic carbocycles. The van der Waals surface area contributed by atoms with Gasteiger partial charge < -0.3 is 10.6 Å². The third-order valence-electron chi connectivity index (χ3n) is 3.59. The maximum absolute atomic E-state index is 11.8. The van der Waals surface area contributed by atoms with Crippen molar-refractivity contribution in [2.75, 3.05) is 6.54 Å². The van der Waals surface area contributed by atoms with Crippen LogP contribution in [0, 0.1) is 5.92 Å². The molecule has 1 atom stereocenters. The van der Waals surface area contributed by atoms with Crippen molar-refractivity contribution in [2.45, 2.75) is 65.0 Å². The molecule has 0 aromatic heterocycles. The molecule has 0 spiro atoms. The molecule has 3 nitrogen and oxygen atoms in total. The van der Waals surface area contributed by atoms with Crippen LogP contribution in [-0.4, -0.2) is 24.0 Å². The molecule has 0 radical (unpaired) electrons. The van der Waals surface area contributed by atoms with E-state index in [0.29, 0.717) is 5.92 Å². The molecule has 1 fully saturated rings. The van der Waals surface area contributed by atoms with Gasteiger partial charge in [0.25, 0.3) is 0 Å². The molecule has 0 aromatic carbocycles. The summed E-state index contributed by atoms with van der Waals surface area (Å²) in [5.74, 6) is 0.647. The molecule has 1 rings (SSSR count). The van der Waals surface area contributed by atoms with Gasteiger partial charge in [0.1, 0.15) is 0 Å². The summed E-state index contributed by atoms with van der Waals surface area (Å²) in [5, 5.41) is 6.47. The molecule has 3 heteroatoms. The monoisotopic (exact) mass is 226 g/mol. The van der Waals surface area contributed by atoms with Gasteiger partial charge in [-0.25, -0.2) is 0 Å². The first-order valence-electron chi connectivity index (χ1n) is 6.54. The SMILES string of the molecule is CCC1(NC(C)C(=O)NCC(C)C)CCC1. The minimum Gasteiger partial charge on any atom is -0.354 e. The van der Waals surface area contributed by atoms with Crippen LogP contribution in [0.15, 0.2) is 0 Å². The number of amides is 1. The number of hydrogen-bond acceptors (Lipinski definition) is 2. The Bertz CT molecular complexity index is 229. The highest BCUT2D eigenvalue weighted by atomic mass is 16.2. The fourth-order valence-corrected chi connectivity index (χ4v) is 2.19. The van der Waals surface area contributed by atoms with Crippen molar-refractivity contribution in [3.63, 3.8) is 0 Å². The average Bonchev–Trinajstić information content (AvgIpc) is 2.19. The van der Waals surface area contributed by atoms with E-state index in [-0.39, 0.29) is 17.5 Å². The maximum atomic E-state index is 11.8.